The van der Waals surface area contributed by atoms with Crippen LogP contribution < -0.4 is 10.9 Å². The molecular weight excluding hydrogens is 366 g/mol. The molecule has 4 rings (SSSR count). The monoisotopic (exact) mass is 389 g/mol. The van der Waals surface area contributed by atoms with E-state index in [0.717, 1.165) is 44.7 Å². The Morgan fingerprint density at radius 3 is 2.74 bits per heavy atom. The molecule has 1 amide bonds. The fourth-order valence-electron chi connectivity index (χ4n) is 3.46. The van der Waals surface area contributed by atoms with Crippen LogP contribution in [0.15, 0.2) is 29.2 Å². The molecule has 2 aromatic rings. The molecule has 1 saturated heterocycles. The first-order valence-electron chi connectivity index (χ1n) is 9.44. The predicted octanol–water partition coefficient (Wildman–Crippen LogP) is 1.13. The van der Waals surface area contributed by atoms with Crippen LogP contribution in [-0.2, 0) is 11.3 Å². The number of aromatic nitrogens is 2. The van der Waals surface area contributed by atoms with Gasteiger partial charge in [-0.1, -0.05) is 11.6 Å². The normalized spacial score (nSPS) is 19.9. The Hall–Kier alpha value is -1.96. The molecule has 1 atom stereocenters. The van der Waals surface area contributed by atoms with Gasteiger partial charge in [0.15, 0.2) is 0 Å². The Balaban J connectivity index is 1.36. The number of hydrogen-bond donors (Lipinski definition) is 1. The Morgan fingerprint density at radius 2 is 2.04 bits per heavy atom. The molecular formula is C19H24ClN5O2. The summed E-state index contributed by atoms with van der Waals surface area (Å²) in [6, 6.07) is 5.36. The molecule has 0 radical (unpaired) electrons. The van der Waals surface area contributed by atoms with Crippen LogP contribution in [0.5, 0.6) is 0 Å². The van der Waals surface area contributed by atoms with Gasteiger partial charge in [0.1, 0.15) is 5.65 Å². The van der Waals surface area contributed by atoms with Crippen molar-refractivity contribution in [2.75, 3.05) is 26.2 Å². The van der Waals surface area contributed by atoms with Crippen LogP contribution in [0.3, 0.4) is 0 Å². The standard InChI is InChI=1S/C19H24ClN5O2/c1-13(19(27)22-15-3-4-15)24-8-6-23(7-9-24)12-16-10-18(26)25-11-14(20)2-5-17(25)21-16/h2,5,10-11,13,15H,3-4,6-9,12H2,1H3,(H,22,27)/t13-/m0/s1. The lowest BCUT2D eigenvalue weighted by molar-refractivity contribution is -0.126. The van der Waals surface area contributed by atoms with Crippen molar-refractivity contribution in [2.24, 2.45) is 0 Å². The van der Waals surface area contributed by atoms with Crippen molar-refractivity contribution in [1.29, 1.82) is 0 Å². The first-order valence-corrected chi connectivity index (χ1v) is 9.82. The minimum absolute atomic E-state index is 0.0964. The average Bonchev–Trinajstić information content (AvgIpc) is 3.46. The lowest BCUT2D eigenvalue weighted by Crippen LogP contribution is -2.53. The second-order valence-electron chi connectivity index (χ2n) is 7.43. The topological polar surface area (TPSA) is 70.0 Å². The summed E-state index contributed by atoms with van der Waals surface area (Å²) in [5.74, 6) is 0.133. The van der Waals surface area contributed by atoms with E-state index in [9.17, 15) is 9.59 Å². The van der Waals surface area contributed by atoms with Gasteiger partial charge in [-0.15, -0.1) is 0 Å². The van der Waals surface area contributed by atoms with Gasteiger partial charge in [0.2, 0.25) is 5.91 Å². The highest BCUT2D eigenvalue weighted by Gasteiger charge is 2.30. The number of nitrogens with zero attached hydrogens (tertiary/aromatic N) is 4. The molecule has 7 nitrogen and oxygen atoms in total. The fraction of sp³-hybridized carbons (Fsp3) is 0.526. The summed E-state index contributed by atoms with van der Waals surface area (Å²) in [5.41, 5.74) is 1.24. The zero-order chi connectivity index (χ0) is 19.0. The number of nitrogens with one attached hydrogen (secondary N) is 1. The fourth-order valence-corrected chi connectivity index (χ4v) is 3.62. The minimum Gasteiger partial charge on any atom is -0.352 e. The first-order chi connectivity index (χ1) is 13.0. The molecule has 8 heteroatoms. The molecule has 3 heterocycles. The summed E-state index contributed by atoms with van der Waals surface area (Å²) in [4.78, 5) is 33.6. The third-order valence-electron chi connectivity index (χ3n) is 5.32. The molecule has 1 aliphatic carbocycles. The minimum atomic E-state index is -0.124. The highest BCUT2D eigenvalue weighted by atomic mass is 35.5. The number of carbonyl (C=O) groups is 1. The van der Waals surface area contributed by atoms with E-state index in [4.69, 9.17) is 11.6 Å². The van der Waals surface area contributed by atoms with E-state index in [-0.39, 0.29) is 17.5 Å². The number of pyridine rings is 1. The number of halogens is 1. The molecule has 1 saturated carbocycles. The molecule has 0 aromatic carbocycles. The molecule has 2 aliphatic rings. The second kappa shape index (κ2) is 7.58. The lowest BCUT2D eigenvalue weighted by atomic mass is 10.2. The SMILES string of the molecule is C[C@@H](C(=O)NC1CC1)N1CCN(Cc2cc(=O)n3cc(Cl)ccc3n2)CC1. The van der Waals surface area contributed by atoms with Gasteiger partial charge >= 0.3 is 0 Å². The van der Waals surface area contributed by atoms with E-state index in [1.807, 2.05) is 6.92 Å². The van der Waals surface area contributed by atoms with E-state index in [1.165, 1.54) is 4.40 Å². The lowest BCUT2D eigenvalue weighted by Gasteiger charge is -2.37. The number of hydrogen-bond acceptors (Lipinski definition) is 5. The molecule has 0 unspecified atom stereocenters. The third-order valence-corrected chi connectivity index (χ3v) is 5.54. The summed E-state index contributed by atoms with van der Waals surface area (Å²) < 4.78 is 1.46. The number of fused-ring (bicyclic) bond motifs is 1. The van der Waals surface area contributed by atoms with Crippen LogP contribution in [0.1, 0.15) is 25.5 Å². The molecule has 2 fully saturated rings. The maximum Gasteiger partial charge on any atom is 0.258 e. The van der Waals surface area contributed by atoms with Crippen LogP contribution in [0.4, 0.5) is 0 Å². The zero-order valence-corrected chi connectivity index (χ0v) is 16.2. The number of carbonyl (C=O) groups excluding carboxylic acids is 1. The van der Waals surface area contributed by atoms with E-state index < -0.39 is 0 Å². The molecule has 1 aliphatic heterocycles. The smallest absolute Gasteiger partial charge is 0.258 e. The van der Waals surface area contributed by atoms with Crippen LogP contribution in [0.25, 0.3) is 5.65 Å². The molecule has 1 N–H and O–H groups in total. The second-order valence-corrected chi connectivity index (χ2v) is 7.87. The van der Waals surface area contributed by atoms with Gasteiger partial charge < -0.3 is 5.32 Å². The maximum atomic E-state index is 12.3. The third kappa shape index (κ3) is 4.31. The van der Waals surface area contributed by atoms with Crippen molar-refractivity contribution < 1.29 is 4.79 Å². The highest BCUT2D eigenvalue weighted by Crippen LogP contribution is 2.19. The van der Waals surface area contributed by atoms with E-state index in [1.54, 1.807) is 24.4 Å². The summed E-state index contributed by atoms with van der Waals surface area (Å²) >= 11 is 5.95. The van der Waals surface area contributed by atoms with Gasteiger partial charge in [0.05, 0.1) is 16.8 Å². The highest BCUT2D eigenvalue weighted by molar-refractivity contribution is 6.30. The van der Waals surface area contributed by atoms with Crippen molar-refractivity contribution >= 4 is 23.2 Å². The Bertz CT molecular complexity index is 903. The molecule has 144 valence electrons. The molecule has 0 spiro atoms. The van der Waals surface area contributed by atoms with Gasteiger partial charge in [-0.25, -0.2) is 4.98 Å². The quantitative estimate of drug-likeness (QED) is 0.830. The van der Waals surface area contributed by atoms with Crippen molar-refractivity contribution in [3.05, 3.63) is 45.5 Å². The van der Waals surface area contributed by atoms with Crippen LogP contribution in [0, 0.1) is 0 Å². The van der Waals surface area contributed by atoms with Crippen LogP contribution >= 0.6 is 11.6 Å². The van der Waals surface area contributed by atoms with Gasteiger partial charge in [0.25, 0.3) is 5.56 Å². The van der Waals surface area contributed by atoms with Crippen molar-refractivity contribution in [3.8, 4) is 0 Å². The summed E-state index contributed by atoms with van der Waals surface area (Å²) in [6.07, 6.45) is 3.80. The summed E-state index contributed by atoms with van der Waals surface area (Å²) in [5, 5.41) is 3.59. The molecule has 0 bridgehead atoms. The van der Waals surface area contributed by atoms with Crippen LogP contribution in [0.2, 0.25) is 5.02 Å². The number of rotatable bonds is 5. The van der Waals surface area contributed by atoms with Crippen LogP contribution in [-0.4, -0.2) is 63.4 Å². The van der Waals surface area contributed by atoms with Crippen molar-refractivity contribution in [2.45, 2.75) is 38.4 Å². The number of piperazine rings is 1. The van der Waals surface area contributed by atoms with Gasteiger partial charge in [-0.05, 0) is 31.9 Å². The summed E-state index contributed by atoms with van der Waals surface area (Å²) in [6.45, 7) is 5.98. The molecule has 27 heavy (non-hydrogen) atoms. The number of amides is 1. The average molecular weight is 390 g/mol. The van der Waals surface area contributed by atoms with E-state index in [2.05, 4.69) is 20.1 Å². The van der Waals surface area contributed by atoms with Gasteiger partial charge in [0, 0.05) is 51.0 Å². The zero-order valence-electron chi connectivity index (χ0n) is 15.4. The van der Waals surface area contributed by atoms with E-state index >= 15 is 0 Å². The van der Waals surface area contributed by atoms with Crippen molar-refractivity contribution in [3.63, 3.8) is 0 Å². The Kier molecular flexibility index (Phi) is 5.16. The predicted molar refractivity (Wildman–Crippen MR) is 104 cm³/mol. The Labute approximate surface area is 162 Å². The first kappa shape index (κ1) is 18.4. The molecule has 2 aromatic heterocycles. The maximum absolute atomic E-state index is 12.3. The van der Waals surface area contributed by atoms with Crippen molar-refractivity contribution in [1.82, 2.24) is 24.5 Å². The van der Waals surface area contributed by atoms with E-state index in [0.29, 0.717) is 23.3 Å². The summed E-state index contributed by atoms with van der Waals surface area (Å²) in [7, 11) is 0. The Morgan fingerprint density at radius 1 is 1.30 bits per heavy atom. The van der Waals surface area contributed by atoms with Gasteiger partial charge in [-0.3, -0.25) is 23.8 Å². The van der Waals surface area contributed by atoms with Gasteiger partial charge in [-0.2, -0.15) is 0 Å². The largest absolute Gasteiger partial charge is 0.352 e.